The van der Waals surface area contributed by atoms with Crippen molar-refractivity contribution in [1.29, 1.82) is 0 Å². The highest BCUT2D eigenvalue weighted by Gasteiger charge is 2.25. The van der Waals surface area contributed by atoms with E-state index in [4.69, 9.17) is 16.3 Å². The number of hydrogen-bond acceptors (Lipinski definition) is 5. The van der Waals surface area contributed by atoms with Crippen LogP contribution in [0.1, 0.15) is 44.1 Å². The van der Waals surface area contributed by atoms with Crippen LogP contribution in [0.2, 0.25) is 5.02 Å². The zero-order valence-electron chi connectivity index (χ0n) is 16.3. The third-order valence-electron chi connectivity index (χ3n) is 4.82. The van der Waals surface area contributed by atoms with Crippen molar-refractivity contribution < 1.29 is 23.1 Å². The van der Waals surface area contributed by atoms with Gasteiger partial charge in [0.15, 0.2) is 6.61 Å². The molecule has 3 N–H and O–H groups in total. The zero-order chi connectivity index (χ0) is 20.7. The van der Waals surface area contributed by atoms with Crippen LogP contribution in [0.4, 0.5) is 0 Å². The predicted octanol–water partition coefficient (Wildman–Crippen LogP) is 2.04. The average Bonchev–Trinajstić information content (AvgIpc) is 2.63. The van der Waals surface area contributed by atoms with Crippen molar-refractivity contribution in [2.45, 2.75) is 44.6 Å². The fraction of sp³-hybridized carbons (Fsp3) is 0.632. The summed E-state index contributed by atoms with van der Waals surface area (Å²) in [5.74, 6) is 0.471. The van der Waals surface area contributed by atoms with Gasteiger partial charge in [0.05, 0.1) is 12.4 Å². The van der Waals surface area contributed by atoms with E-state index in [-0.39, 0.29) is 37.0 Å². The fourth-order valence-electron chi connectivity index (χ4n) is 3.25. The summed E-state index contributed by atoms with van der Waals surface area (Å²) in [5.41, 5.74) is 0.898. The van der Waals surface area contributed by atoms with Gasteiger partial charge >= 0.3 is 0 Å². The van der Waals surface area contributed by atoms with E-state index < -0.39 is 10.0 Å². The molecule has 1 aliphatic rings. The first-order valence-corrected chi connectivity index (χ1v) is 11.7. The molecule has 1 aromatic carbocycles. The molecular weight excluding hydrogens is 404 g/mol. The van der Waals surface area contributed by atoms with E-state index in [0.717, 1.165) is 37.5 Å². The van der Waals surface area contributed by atoms with Crippen LogP contribution in [0.3, 0.4) is 0 Å². The summed E-state index contributed by atoms with van der Waals surface area (Å²) in [6, 6.07) is 5.40. The number of sulfonamides is 1. The molecule has 2 rings (SSSR count). The molecule has 7 nitrogen and oxygen atoms in total. The van der Waals surface area contributed by atoms with Crippen molar-refractivity contribution in [3.05, 3.63) is 28.8 Å². The summed E-state index contributed by atoms with van der Waals surface area (Å²) < 4.78 is 30.3. The summed E-state index contributed by atoms with van der Waals surface area (Å²) in [5, 5.41) is 13.1. The van der Waals surface area contributed by atoms with Crippen molar-refractivity contribution in [2.75, 3.05) is 26.0 Å². The molecule has 0 radical (unpaired) electrons. The van der Waals surface area contributed by atoms with Crippen molar-refractivity contribution >= 4 is 27.5 Å². The number of aliphatic hydroxyl groups excluding tert-OH is 1. The molecule has 0 saturated heterocycles. The maximum Gasteiger partial charge on any atom is 0.257 e. The number of aliphatic hydroxyl groups is 1. The van der Waals surface area contributed by atoms with Crippen LogP contribution in [0, 0.1) is 5.92 Å². The lowest BCUT2D eigenvalue weighted by molar-refractivity contribution is -0.123. The minimum atomic E-state index is -3.24. The maximum atomic E-state index is 12.1. The molecule has 1 atom stereocenters. The number of hydrogen-bond donors (Lipinski definition) is 3. The molecule has 158 valence electrons. The van der Waals surface area contributed by atoms with Gasteiger partial charge in [-0.1, -0.05) is 24.6 Å². The molecule has 0 aliphatic heterocycles. The lowest BCUT2D eigenvalue weighted by Crippen LogP contribution is -2.37. The number of rotatable bonds is 9. The van der Waals surface area contributed by atoms with Gasteiger partial charge < -0.3 is 15.2 Å². The Bertz CT molecular complexity index is 764. The third-order valence-corrected chi connectivity index (χ3v) is 5.84. The molecule has 1 unspecified atom stereocenters. The number of amides is 1. The SMILES string of the molecule is CC(CNC(=O)COc1cccc(Cl)c1C1CCC(O)CC1)CNS(C)(=O)=O. The molecule has 9 heteroatoms. The van der Waals surface area contributed by atoms with Crippen molar-refractivity contribution in [3.63, 3.8) is 0 Å². The highest BCUT2D eigenvalue weighted by Crippen LogP contribution is 2.41. The van der Waals surface area contributed by atoms with Crippen LogP contribution in [-0.2, 0) is 14.8 Å². The monoisotopic (exact) mass is 432 g/mol. The highest BCUT2D eigenvalue weighted by molar-refractivity contribution is 7.88. The van der Waals surface area contributed by atoms with E-state index >= 15 is 0 Å². The normalized spacial score (nSPS) is 21.1. The quantitative estimate of drug-likeness (QED) is 0.553. The van der Waals surface area contributed by atoms with E-state index in [9.17, 15) is 18.3 Å². The van der Waals surface area contributed by atoms with E-state index in [2.05, 4.69) is 10.0 Å². The van der Waals surface area contributed by atoms with Crippen LogP contribution in [0.15, 0.2) is 18.2 Å². The van der Waals surface area contributed by atoms with Crippen LogP contribution in [0.25, 0.3) is 0 Å². The fourth-order valence-corrected chi connectivity index (χ4v) is 4.16. The number of halogens is 1. The molecule has 1 saturated carbocycles. The molecule has 0 spiro atoms. The van der Waals surface area contributed by atoms with E-state index in [1.54, 1.807) is 12.1 Å². The molecule has 1 amide bonds. The van der Waals surface area contributed by atoms with E-state index in [0.29, 0.717) is 17.3 Å². The summed E-state index contributed by atoms with van der Waals surface area (Å²) in [4.78, 5) is 12.1. The van der Waals surface area contributed by atoms with Crippen molar-refractivity contribution in [2.24, 2.45) is 5.92 Å². The molecule has 0 aromatic heterocycles. The predicted molar refractivity (Wildman–Crippen MR) is 109 cm³/mol. The van der Waals surface area contributed by atoms with Crippen LogP contribution >= 0.6 is 11.6 Å². The van der Waals surface area contributed by atoms with Gasteiger partial charge in [-0.3, -0.25) is 4.79 Å². The largest absolute Gasteiger partial charge is 0.483 e. The maximum absolute atomic E-state index is 12.1. The Hall–Kier alpha value is -1.35. The van der Waals surface area contributed by atoms with Crippen LogP contribution < -0.4 is 14.8 Å². The number of carbonyl (C=O) groups is 1. The number of benzene rings is 1. The Balaban J connectivity index is 1.87. The van der Waals surface area contributed by atoms with Gasteiger partial charge in [-0.05, 0) is 49.7 Å². The minimum absolute atomic E-state index is 0.0472. The molecule has 28 heavy (non-hydrogen) atoms. The second kappa shape index (κ2) is 10.4. The van der Waals surface area contributed by atoms with Gasteiger partial charge in [-0.2, -0.15) is 0 Å². The Kier molecular flexibility index (Phi) is 8.55. The number of ether oxygens (including phenoxy) is 1. The smallest absolute Gasteiger partial charge is 0.257 e. The topological polar surface area (TPSA) is 105 Å². The van der Waals surface area contributed by atoms with Gasteiger partial charge in [0.1, 0.15) is 5.75 Å². The number of carbonyl (C=O) groups excluding carboxylic acids is 1. The summed E-state index contributed by atoms with van der Waals surface area (Å²) in [7, 11) is -3.24. The van der Waals surface area contributed by atoms with Crippen LogP contribution in [-0.4, -0.2) is 51.5 Å². The lowest BCUT2D eigenvalue weighted by atomic mass is 9.82. The highest BCUT2D eigenvalue weighted by atomic mass is 35.5. The molecule has 1 fully saturated rings. The third kappa shape index (κ3) is 7.58. The Morgan fingerprint density at radius 1 is 1.29 bits per heavy atom. The second-order valence-corrected chi connectivity index (χ2v) is 9.72. The molecule has 1 aromatic rings. The van der Waals surface area contributed by atoms with Gasteiger partial charge in [-0.15, -0.1) is 0 Å². The Morgan fingerprint density at radius 2 is 1.96 bits per heavy atom. The van der Waals surface area contributed by atoms with E-state index in [1.165, 1.54) is 0 Å². The Morgan fingerprint density at radius 3 is 2.61 bits per heavy atom. The lowest BCUT2D eigenvalue weighted by Gasteiger charge is -2.27. The van der Waals surface area contributed by atoms with Crippen molar-refractivity contribution in [3.8, 4) is 5.75 Å². The molecule has 0 heterocycles. The van der Waals surface area contributed by atoms with Gasteiger partial charge in [0.25, 0.3) is 5.91 Å². The summed E-state index contributed by atoms with van der Waals surface area (Å²) in [6.45, 7) is 2.29. The summed E-state index contributed by atoms with van der Waals surface area (Å²) >= 11 is 6.39. The first-order chi connectivity index (χ1) is 13.2. The van der Waals surface area contributed by atoms with Crippen LogP contribution in [0.5, 0.6) is 5.75 Å². The molecule has 1 aliphatic carbocycles. The van der Waals surface area contributed by atoms with Crippen molar-refractivity contribution in [1.82, 2.24) is 10.0 Å². The first kappa shape index (κ1) is 22.9. The van der Waals surface area contributed by atoms with Gasteiger partial charge in [0, 0.05) is 23.7 Å². The minimum Gasteiger partial charge on any atom is -0.483 e. The second-order valence-electron chi connectivity index (χ2n) is 7.48. The summed E-state index contributed by atoms with van der Waals surface area (Å²) in [6.07, 6.45) is 3.97. The zero-order valence-corrected chi connectivity index (χ0v) is 17.9. The van der Waals surface area contributed by atoms with Gasteiger partial charge in [-0.25, -0.2) is 13.1 Å². The first-order valence-electron chi connectivity index (χ1n) is 9.46. The molecular formula is C19H29ClN2O5S. The average molecular weight is 433 g/mol. The number of nitrogens with one attached hydrogen (secondary N) is 2. The Labute approximate surface area is 171 Å². The molecule has 0 bridgehead atoms. The van der Waals surface area contributed by atoms with Gasteiger partial charge in [0.2, 0.25) is 10.0 Å². The standard InChI is InChI=1S/C19H29ClN2O5S/c1-13(11-22-28(2,25)26)10-21-18(24)12-27-17-5-3-4-16(20)19(17)14-6-8-15(23)9-7-14/h3-5,13-15,22-23H,6-12H2,1-2H3,(H,21,24). The van der Waals surface area contributed by atoms with E-state index in [1.807, 2.05) is 13.0 Å².